The first-order valence-electron chi connectivity index (χ1n) is 10.2. The molecule has 32 heavy (non-hydrogen) atoms. The summed E-state index contributed by atoms with van der Waals surface area (Å²) >= 11 is 12.0. The molecular formula is C25H24Cl2N2O3. The maximum absolute atomic E-state index is 12.5. The van der Waals surface area contributed by atoms with Crippen molar-refractivity contribution in [3.8, 4) is 5.75 Å². The molecule has 0 saturated carbocycles. The van der Waals surface area contributed by atoms with Crippen LogP contribution in [-0.4, -0.2) is 18.4 Å². The number of ether oxygens (including phenoxy) is 1. The number of amides is 2. The Balaban J connectivity index is 1.55. The lowest BCUT2D eigenvalue weighted by atomic mass is 9.99. The van der Waals surface area contributed by atoms with Gasteiger partial charge in [0.15, 0.2) is 6.61 Å². The highest BCUT2D eigenvalue weighted by atomic mass is 35.5. The standard InChI is InChI=1S/C25H24Cl2N2O3/c1-3-16(2)17-7-10-21(11-8-17)32-15-24(30)28-19-5-4-6-20(14-19)29-25(31)22-12-9-18(26)13-23(22)27/h4-14,16H,3,15H2,1-2H3,(H,28,30)(H,29,31)/t16-/m1/s1. The van der Waals surface area contributed by atoms with E-state index in [0.29, 0.717) is 33.6 Å². The van der Waals surface area contributed by atoms with E-state index in [1.165, 1.54) is 11.6 Å². The summed E-state index contributed by atoms with van der Waals surface area (Å²) in [6.45, 7) is 4.19. The fourth-order valence-electron chi connectivity index (χ4n) is 3.02. The first kappa shape index (κ1) is 23.6. The molecule has 1 atom stereocenters. The van der Waals surface area contributed by atoms with Gasteiger partial charge in [-0.3, -0.25) is 9.59 Å². The van der Waals surface area contributed by atoms with Crippen LogP contribution in [0.4, 0.5) is 11.4 Å². The third kappa shape index (κ3) is 6.49. The lowest BCUT2D eigenvalue weighted by Crippen LogP contribution is -2.20. The molecule has 0 radical (unpaired) electrons. The maximum Gasteiger partial charge on any atom is 0.262 e. The van der Waals surface area contributed by atoms with E-state index in [4.69, 9.17) is 27.9 Å². The van der Waals surface area contributed by atoms with Gasteiger partial charge in [-0.25, -0.2) is 0 Å². The molecule has 0 heterocycles. The number of anilines is 2. The average molecular weight is 471 g/mol. The van der Waals surface area contributed by atoms with E-state index in [1.54, 1.807) is 36.4 Å². The van der Waals surface area contributed by atoms with Gasteiger partial charge < -0.3 is 15.4 Å². The lowest BCUT2D eigenvalue weighted by Gasteiger charge is -2.12. The number of carbonyl (C=O) groups is 2. The molecular weight excluding hydrogens is 447 g/mol. The van der Waals surface area contributed by atoms with Gasteiger partial charge in [0.05, 0.1) is 10.6 Å². The van der Waals surface area contributed by atoms with Crippen LogP contribution in [0.25, 0.3) is 0 Å². The van der Waals surface area contributed by atoms with Gasteiger partial charge in [-0.2, -0.15) is 0 Å². The van der Waals surface area contributed by atoms with Crippen LogP contribution in [0.5, 0.6) is 5.75 Å². The molecule has 7 heteroatoms. The van der Waals surface area contributed by atoms with E-state index in [2.05, 4.69) is 24.5 Å². The first-order valence-corrected chi connectivity index (χ1v) is 11.0. The van der Waals surface area contributed by atoms with E-state index in [1.807, 2.05) is 24.3 Å². The molecule has 0 aliphatic rings. The molecule has 2 N–H and O–H groups in total. The van der Waals surface area contributed by atoms with Crippen molar-refractivity contribution in [2.24, 2.45) is 0 Å². The molecule has 0 aliphatic heterocycles. The number of rotatable bonds is 8. The molecule has 0 aromatic heterocycles. The zero-order valence-electron chi connectivity index (χ0n) is 17.8. The Hall–Kier alpha value is -3.02. The fraction of sp³-hybridized carbons (Fsp3) is 0.200. The second-order valence-electron chi connectivity index (χ2n) is 7.37. The van der Waals surface area contributed by atoms with Crippen LogP contribution in [0.1, 0.15) is 42.1 Å². The summed E-state index contributed by atoms with van der Waals surface area (Å²) in [5.41, 5.74) is 2.59. The number of halogens is 2. The summed E-state index contributed by atoms with van der Waals surface area (Å²) < 4.78 is 5.58. The van der Waals surface area contributed by atoms with Crippen LogP contribution >= 0.6 is 23.2 Å². The Bertz CT molecular complexity index is 1100. The Kier molecular flexibility index (Phi) is 8.14. The predicted molar refractivity (Wildman–Crippen MR) is 130 cm³/mol. The minimum Gasteiger partial charge on any atom is -0.484 e. The number of benzene rings is 3. The topological polar surface area (TPSA) is 67.4 Å². The molecule has 166 valence electrons. The highest BCUT2D eigenvalue weighted by Crippen LogP contribution is 2.24. The van der Waals surface area contributed by atoms with Crippen molar-refractivity contribution in [2.45, 2.75) is 26.2 Å². The van der Waals surface area contributed by atoms with Crippen LogP contribution in [0.15, 0.2) is 66.7 Å². The Labute approximate surface area is 197 Å². The molecule has 0 saturated heterocycles. The van der Waals surface area contributed by atoms with Gasteiger partial charge >= 0.3 is 0 Å². The summed E-state index contributed by atoms with van der Waals surface area (Å²) in [5, 5.41) is 6.23. The number of hydrogen-bond acceptors (Lipinski definition) is 3. The summed E-state index contributed by atoms with van der Waals surface area (Å²) in [4.78, 5) is 24.8. The van der Waals surface area contributed by atoms with Crippen LogP contribution in [0.3, 0.4) is 0 Å². The molecule has 0 bridgehead atoms. The van der Waals surface area contributed by atoms with Crippen molar-refractivity contribution in [3.63, 3.8) is 0 Å². The van der Waals surface area contributed by atoms with Gasteiger partial charge in [0.1, 0.15) is 5.75 Å². The minimum atomic E-state index is -0.376. The van der Waals surface area contributed by atoms with Crippen molar-refractivity contribution in [2.75, 3.05) is 17.2 Å². The van der Waals surface area contributed by atoms with E-state index in [-0.39, 0.29) is 23.4 Å². The Morgan fingerprint density at radius 2 is 1.62 bits per heavy atom. The molecule has 5 nitrogen and oxygen atoms in total. The Morgan fingerprint density at radius 3 is 2.28 bits per heavy atom. The normalized spacial score (nSPS) is 11.5. The van der Waals surface area contributed by atoms with Crippen molar-refractivity contribution in [1.29, 1.82) is 0 Å². The molecule has 3 aromatic carbocycles. The van der Waals surface area contributed by atoms with Gasteiger partial charge in [-0.15, -0.1) is 0 Å². The highest BCUT2D eigenvalue weighted by Gasteiger charge is 2.12. The SMILES string of the molecule is CC[C@@H](C)c1ccc(OCC(=O)Nc2cccc(NC(=O)c3ccc(Cl)cc3Cl)c2)cc1. The van der Waals surface area contributed by atoms with E-state index >= 15 is 0 Å². The molecule has 2 amide bonds. The zero-order chi connectivity index (χ0) is 23.1. The van der Waals surface area contributed by atoms with Crippen molar-refractivity contribution in [1.82, 2.24) is 0 Å². The quantitative estimate of drug-likeness (QED) is 0.381. The zero-order valence-corrected chi connectivity index (χ0v) is 19.3. The summed E-state index contributed by atoms with van der Waals surface area (Å²) in [6, 6.07) is 19.2. The molecule has 0 aliphatic carbocycles. The number of carbonyl (C=O) groups excluding carboxylic acids is 2. The van der Waals surface area contributed by atoms with Crippen LogP contribution in [-0.2, 0) is 4.79 Å². The van der Waals surface area contributed by atoms with Gasteiger partial charge in [-0.1, -0.05) is 55.2 Å². The molecule has 3 aromatic rings. The highest BCUT2D eigenvalue weighted by molar-refractivity contribution is 6.37. The van der Waals surface area contributed by atoms with Gasteiger partial charge in [0.2, 0.25) is 0 Å². The van der Waals surface area contributed by atoms with Crippen molar-refractivity contribution < 1.29 is 14.3 Å². The van der Waals surface area contributed by atoms with Gasteiger partial charge in [0, 0.05) is 16.4 Å². The summed E-state index contributed by atoms with van der Waals surface area (Å²) in [6.07, 6.45) is 1.06. The summed E-state index contributed by atoms with van der Waals surface area (Å²) in [7, 11) is 0. The largest absolute Gasteiger partial charge is 0.484 e. The Morgan fingerprint density at radius 1 is 0.938 bits per heavy atom. The summed E-state index contributed by atoms with van der Waals surface area (Å²) in [5.74, 6) is 0.434. The first-order chi connectivity index (χ1) is 15.4. The molecule has 3 rings (SSSR count). The minimum absolute atomic E-state index is 0.125. The van der Waals surface area contributed by atoms with E-state index < -0.39 is 0 Å². The second kappa shape index (κ2) is 11.0. The third-order valence-corrected chi connectivity index (χ3v) is 5.56. The predicted octanol–water partition coefficient (Wildman–Crippen LogP) is 6.78. The smallest absolute Gasteiger partial charge is 0.262 e. The third-order valence-electron chi connectivity index (χ3n) is 5.01. The average Bonchev–Trinajstić information content (AvgIpc) is 2.77. The molecule has 0 fully saturated rings. The molecule has 0 spiro atoms. The monoisotopic (exact) mass is 470 g/mol. The van der Waals surface area contributed by atoms with E-state index in [9.17, 15) is 9.59 Å². The van der Waals surface area contributed by atoms with E-state index in [0.717, 1.165) is 6.42 Å². The lowest BCUT2D eigenvalue weighted by molar-refractivity contribution is -0.118. The number of hydrogen-bond donors (Lipinski definition) is 2. The van der Waals surface area contributed by atoms with Crippen LogP contribution in [0.2, 0.25) is 10.0 Å². The number of nitrogens with one attached hydrogen (secondary N) is 2. The van der Waals surface area contributed by atoms with Crippen molar-refractivity contribution in [3.05, 3.63) is 87.9 Å². The molecule has 0 unspecified atom stereocenters. The van der Waals surface area contributed by atoms with Crippen LogP contribution in [0, 0.1) is 0 Å². The maximum atomic E-state index is 12.5. The van der Waals surface area contributed by atoms with Gasteiger partial charge in [0.25, 0.3) is 11.8 Å². The van der Waals surface area contributed by atoms with Crippen LogP contribution < -0.4 is 15.4 Å². The van der Waals surface area contributed by atoms with Crippen molar-refractivity contribution >= 4 is 46.4 Å². The van der Waals surface area contributed by atoms with Gasteiger partial charge in [-0.05, 0) is 66.4 Å². The fourth-order valence-corrected chi connectivity index (χ4v) is 3.52. The second-order valence-corrected chi connectivity index (χ2v) is 8.22.